The average Bonchev–Trinajstić information content (AvgIpc) is 2.55. The Labute approximate surface area is 124 Å². The Morgan fingerprint density at radius 1 is 1.29 bits per heavy atom. The molecule has 0 fully saturated rings. The van der Waals surface area contributed by atoms with Gasteiger partial charge in [0.1, 0.15) is 5.82 Å². The number of aliphatic imine (C=N–C) groups is 1. The highest BCUT2D eigenvalue weighted by molar-refractivity contribution is 5.69. The Morgan fingerprint density at radius 2 is 2.14 bits per heavy atom. The maximum atomic E-state index is 8.87. The molecule has 2 aromatic rings. The molecule has 1 aromatic heterocycles. The van der Waals surface area contributed by atoms with Crippen LogP contribution in [0.2, 0.25) is 0 Å². The first-order chi connectivity index (χ1) is 10.3. The third kappa shape index (κ3) is 3.80. The summed E-state index contributed by atoms with van der Waals surface area (Å²) in [5.74, 6) is 0.823. The van der Waals surface area contributed by atoms with Crippen LogP contribution in [0.15, 0.2) is 41.5 Å². The summed E-state index contributed by atoms with van der Waals surface area (Å²) in [7, 11) is 0. The zero-order chi connectivity index (χ0) is 15.1. The summed E-state index contributed by atoms with van der Waals surface area (Å²) >= 11 is 0. The molecule has 2 N–H and O–H groups in total. The van der Waals surface area contributed by atoms with Crippen molar-refractivity contribution >= 4 is 23.9 Å². The molecule has 0 atom stereocenters. The molecule has 0 saturated heterocycles. The Balaban J connectivity index is 2.00. The van der Waals surface area contributed by atoms with Crippen molar-refractivity contribution in [2.24, 2.45) is 4.99 Å². The number of hydrogen-bond donors (Lipinski definition) is 2. The highest BCUT2D eigenvalue weighted by Gasteiger charge is 2.02. The third-order valence-corrected chi connectivity index (χ3v) is 3.08. The number of hydrogen-bond acceptors (Lipinski definition) is 5. The number of nitrogens with one attached hydrogen (secondary N) is 2. The molecule has 21 heavy (non-hydrogen) atoms. The summed E-state index contributed by atoms with van der Waals surface area (Å²) in [5, 5.41) is 15.3. The predicted molar refractivity (Wildman–Crippen MR) is 86.1 cm³/mol. The minimum atomic E-state index is 0.509. The minimum absolute atomic E-state index is 0.509. The van der Waals surface area contributed by atoms with E-state index in [2.05, 4.69) is 40.3 Å². The largest absolute Gasteiger partial charge is 0.366 e. The van der Waals surface area contributed by atoms with E-state index in [9.17, 15) is 0 Å². The molecule has 0 aliphatic heterocycles. The molecule has 0 bridgehead atoms. The Kier molecular flexibility index (Phi) is 4.89. The van der Waals surface area contributed by atoms with E-state index in [0.717, 1.165) is 17.9 Å². The van der Waals surface area contributed by atoms with Gasteiger partial charge >= 0.3 is 0 Å². The molecular formula is C16H17N5. The van der Waals surface area contributed by atoms with Gasteiger partial charge in [-0.2, -0.15) is 5.26 Å². The first-order valence-corrected chi connectivity index (χ1v) is 6.70. The summed E-state index contributed by atoms with van der Waals surface area (Å²) in [4.78, 5) is 8.18. The SMILES string of the molecule is C=Nc1cc(C#N)ccc1NCNc1cc(CC)ccn1. The number of anilines is 2. The van der Waals surface area contributed by atoms with Crippen molar-refractivity contribution in [1.82, 2.24) is 4.98 Å². The first kappa shape index (κ1) is 14.5. The van der Waals surface area contributed by atoms with Crippen LogP contribution in [-0.2, 0) is 6.42 Å². The normalized spacial score (nSPS) is 9.71. The Hall–Kier alpha value is -2.87. The van der Waals surface area contributed by atoms with E-state index in [-0.39, 0.29) is 0 Å². The molecule has 5 heteroatoms. The van der Waals surface area contributed by atoms with E-state index in [1.807, 2.05) is 18.2 Å². The summed E-state index contributed by atoms with van der Waals surface area (Å²) < 4.78 is 0. The van der Waals surface area contributed by atoms with Gasteiger partial charge < -0.3 is 10.6 Å². The number of aryl methyl sites for hydroxylation is 1. The summed E-state index contributed by atoms with van der Waals surface area (Å²) in [6.45, 7) is 6.14. The maximum Gasteiger partial charge on any atom is 0.127 e. The monoisotopic (exact) mass is 279 g/mol. The van der Waals surface area contributed by atoms with Crippen LogP contribution in [0.5, 0.6) is 0 Å². The average molecular weight is 279 g/mol. The smallest absolute Gasteiger partial charge is 0.127 e. The highest BCUT2D eigenvalue weighted by atomic mass is 15.1. The van der Waals surface area contributed by atoms with Crippen LogP contribution in [0.4, 0.5) is 17.2 Å². The predicted octanol–water partition coefficient (Wildman–Crippen LogP) is 3.33. The number of benzene rings is 1. The van der Waals surface area contributed by atoms with Gasteiger partial charge in [-0.25, -0.2) is 4.98 Å². The van der Waals surface area contributed by atoms with Gasteiger partial charge in [-0.05, 0) is 49.0 Å². The molecule has 2 rings (SSSR count). The van der Waals surface area contributed by atoms with Crippen LogP contribution in [0.3, 0.4) is 0 Å². The van der Waals surface area contributed by atoms with Crippen molar-refractivity contribution < 1.29 is 0 Å². The first-order valence-electron chi connectivity index (χ1n) is 6.70. The fourth-order valence-electron chi connectivity index (χ4n) is 1.90. The topological polar surface area (TPSA) is 73.1 Å². The van der Waals surface area contributed by atoms with Gasteiger partial charge in [0, 0.05) is 6.20 Å². The lowest BCUT2D eigenvalue weighted by Crippen LogP contribution is -2.12. The summed E-state index contributed by atoms with van der Waals surface area (Å²) in [6.07, 6.45) is 2.77. The lowest BCUT2D eigenvalue weighted by Gasteiger charge is -2.11. The van der Waals surface area contributed by atoms with Crippen LogP contribution < -0.4 is 10.6 Å². The van der Waals surface area contributed by atoms with Gasteiger partial charge in [-0.3, -0.25) is 4.99 Å². The van der Waals surface area contributed by atoms with Crippen LogP contribution in [0, 0.1) is 11.3 Å². The zero-order valence-corrected chi connectivity index (χ0v) is 11.9. The molecule has 106 valence electrons. The van der Waals surface area contributed by atoms with Crippen LogP contribution in [0.25, 0.3) is 0 Å². The van der Waals surface area contributed by atoms with Crippen molar-refractivity contribution in [1.29, 1.82) is 5.26 Å². The van der Waals surface area contributed by atoms with E-state index < -0.39 is 0 Å². The van der Waals surface area contributed by atoms with Gasteiger partial charge in [0.25, 0.3) is 0 Å². The fourth-order valence-corrected chi connectivity index (χ4v) is 1.90. The Bertz CT molecular complexity index is 673. The van der Waals surface area contributed by atoms with Gasteiger partial charge in [0.15, 0.2) is 0 Å². The van der Waals surface area contributed by atoms with E-state index in [1.165, 1.54) is 5.56 Å². The van der Waals surface area contributed by atoms with Crippen molar-refractivity contribution in [3.63, 3.8) is 0 Å². The second-order valence-corrected chi connectivity index (χ2v) is 4.44. The molecule has 0 aliphatic rings. The molecule has 1 aromatic carbocycles. The minimum Gasteiger partial charge on any atom is -0.366 e. The van der Waals surface area contributed by atoms with Gasteiger partial charge in [0.05, 0.1) is 29.7 Å². The fraction of sp³-hybridized carbons (Fsp3) is 0.188. The lowest BCUT2D eigenvalue weighted by molar-refractivity contribution is 1.10. The van der Waals surface area contributed by atoms with Crippen LogP contribution in [0.1, 0.15) is 18.1 Å². The third-order valence-electron chi connectivity index (χ3n) is 3.08. The molecule has 0 radical (unpaired) electrons. The van der Waals surface area contributed by atoms with Crippen LogP contribution >= 0.6 is 0 Å². The molecule has 0 saturated carbocycles. The summed E-state index contributed by atoms with van der Waals surface area (Å²) in [6, 6.07) is 11.4. The number of nitriles is 1. The molecule has 0 spiro atoms. The molecule has 0 unspecified atom stereocenters. The number of rotatable bonds is 6. The van der Waals surface area contributed by atoms with Crippen molar-refractivity contribution in [3.05, 3.63) is 47.7 Å². The van der Waals surface area contributed by atoms with Gasteiger partial charge in [-0.15, -0.1) is 0 Å². The number of nitrogens with zero attached hydrogens (tertiary/aromatic N) is 3. The van der Waals surface area contributed by atoms with Crippen LogP contribution in [-0.4, -0.2) is 18.4 Å². The van der Waals surface area contributed by atoms with Gasteiger partial charge in [-0.1, -0.05) is 6.92 Å². The van der Waals surface area contributed by atoms with E-state index in [0.29, 0.717) is 17.9 Å². The second-order valence-electron chi connectivity index (χ2n) is 4.44. The zero-order valence-electron chi connectivity index (χ0n) is 11.9. The summed E-state index contributed by atoms with van der Waals surface area (Å²) in [5.41, 5.74) is 3.28. The van der Waals surface area contributed by atoms with Crippen molar-refractivity contribution in [2.75, 3.05) is 17.3 Å². The number of aromatic nitrogens is 1. The quantitative estimate of drug-likeness (QED) is 0.628. The van der Waals surface area contributed by atoms with E-state index in [1.54, 1.807) is 18.3 Å². The number of pyridine rings is 1. The van der Waals surface area contributed by atoms with E-state index >= 15 is 0 Å². The molecule has 5 nitrogen and oxygen atoms in total. The second kappa shape index (κ2) is 7.06. The van der Waals surface area contributed by atoms with E-state index in [4.69, 9.17) is 5.26 Å². The molecule has 1 heterocycles. The van der Waals surface area contributed by atoms with Gasteiger partial charge in [0.2, 0.25) is 0 Å². The molecular weight excluding hydrogens is 262 g/mol. The highest BCUT2D eigenvalue weighted by Crippen LogP contribution is 2.25. The lowest BCUT2D eigenvalue weighted by atomic mass is 10.2. The molecule has 0 aliphatic carbocycles. The van der Waals surface area contributed by atoms with Crippen molar-refractivity contribution in [3.8, 4) is 6.07 Å². The Morgan fingerprint density at radius 3 is 2.86 bits per heavy atom. The maximum absolute atomic E-state index is 8.87. The van der Waals surface area contributed by atoms with Crippen molar-refractivity contribution in [2.45, 2.75) is 13.3 Å². The molecule has 0 amide bonds. The standard InChI is InChI=1S/C16H17N5/c1-3-12-6-7-19-16(9-12)21-11-20-14-5-4-13(10-17)8-15(14)18-2/h4-9,20H,2-3,11H2,1H3,(H,19,21).